The average Bonchev–Trinajstić information content (AvgIpc) is 2.37. The monoisotopic (exact) mass is 325 g/mol. The van der Waals surface area contributed by atoms with Gasteiger partial charge in [0.1, 0.15) is 5.75 Å². The lowest BCUT2D eigenvalue weighted by molar-refractivity contribution is 0.327. The van der Waals surface area contributed by atoms with Crippen LogP contribution in [0.3, 0.4) is 0 Å². The molecule has 1 saturated carbocycles. The number of halogens is 1. The van der Waals surface area contributed by atoms with E-state index >= 15 is 0 Å². The summed E-state index contributed by atoms with van der Waals surface area (Å²) in [7, 11) is 1.69. The van der Waals surface area contributed by atoms with E-state index < -0.39 is 0 Å². The predicted molar refractivity (Wildman–Crippen MR) is 83.4 cm³/mol. The lowest BCUT2D eigenvalue weighted by Crippen LogP contribution is -2.22. The molecule has 3 heteroatoms. The van der Waals surface area contributed by atoms with Crippen molar-refractivity contribution in [2.75, 3.05) is 7.11 Å². The number of methoxy groups -OCH3 is 1. The fourth-order valence-corrected chi connectivity index (χ4v) is 3.57. The Hall–Kier alpha value is -0.540. The van der Waals surface area contributed by atoms with E-state index in [1.165, 1.54) is 50.5 Å². The molecule has 2 N–H and O–H groups in total. The molecule has 1 aliphatic rings. The molecular formula is C16H24BrNO. The predicted octanol–water partition coefficient (Wildman–Crippen LogP) is 4.82. The lowest BCUT2D eigenvalue weighted by atomic mass is 9.83. The molecule has 106 valence electrons. The zero-order valence-electron chi connectivity index (χ0n) is 11.7. The second kappa shape index (κ2) is 7.30. The van der Waals surface area contributed by atoms with Gasteiger partial charge in [0.25, 0.3) is 0 Å². The van der Waals surface area contributed by atoms with Crippen LogP contribution in [0.15, 0.2) is 22.7 Å². The van der Waals surface area contributed by atoms with E-state index in [1.807, 2.05) is 6.07 Å². The van der Waals surface area contributed by atoms with E-state index in [9.17, 15) is 0 Å². The van der Waals surface area contributed by atoms with E-state index in [0.29, 0.717) is 5.92 Å². The summed E-state index contributed by atoms with van der Waals surface area (Å²) < 4.78 is 6.27. The Morgan fingerprint density at radius 3 is 2.37 bits per heavy atom. The first-order valence-electron chi connectivity index (χ1n) is 7.31. The Bertz CT molecular complexity index is 400. The van der Waals surface area contributed by atoms with Crippen molar-refractivity contribution < 1.29 is 4.74 Å². The molecule has 19 heavy (non-hydrogen) atoms. The van der Waals surface area contributed by atoms with Gasteiger partial charge >= 0.3 is 0 Å². The number of nitrogens with two attached hydrogens (primary N) is 1. The fourth-order valence-electron chi connectivity index (χ4n) is 3.01. The summed E-state index contributed by atoms with van der Waals surface area (Å²) in [5.74, 6) is 1.49. The Balaban J connectivity index is 2.08. The van der Waals surface area contributed by atoms with E-state index in [0.717, 1.165) is 10.2 Å². The summed E-state index contributed by atoms with van der Waals surface area (Å²) in [5, 5.41) is 0. The van der Waals surface area contributed by atoms with E-state index in [1.54, 1.807) is 7.11 Å². The molecule has 0 heterocycles. The molecule has 0 amide bonds. The Morgan fingerprint density at radius 1 is 1.16 bits per heavy atom. The van der Waals surface area contributed by atoms with Crippen molar-refractivity contribution in [1.29, 1.82) is 0 Å². The van der Waals surface area contributed by atoms with Gasteiger partial charge in [0.15, 0.2) is 0 Å². The standard InChI is InChI=1S/C16H24BrNO/c1-19-15-10-9-13(11-14(15)17)16(18)12-7-5-3-2-4-6-8-12/h9-12,16H,2-8,18H2,1H3. The molecule has 0 bridgehead atoms. The van der Waals surface area contributed by atoms with Crippen LogP contribution >= 0.6 is 15.9 Å². The van der Waals surface area contributed by atoms with Gasteiger partial charge in [-0.05, 0) is 52.4 Å². The Labute approximate surface area is 124 Å². The van der Waals surface area contributed by atoms with Gasteiger partial charge in [-0.1, -0.05) is 38.2 Å². The minimum Gasteiger partial charge on any atom is -0.496 e. The third-order valence-electron chi connectivity index (χ3n) is 4.22. The van der Waals surface area contributed by atoms with E-state index in [-0.39, 0.29) is 6.04 Å². The van der Waals surface area contributed by atoms with Crippen LogP contribution in [0.1, 0.15) is 56.6 Å². The number of rotatable bonds is 3. The Morgan fingerprint density at radius 2 is 1.79 bits per heavy atom. The lowest BCUT2D eigenvalue weighted by Gasteiger charge is -2.26. The third kappa shape index (κ3) is 3.96. The van der Waals surface area contributed by atoms with Crippen LogP contribution in [-0.2, 0) is 0 Å². The van der Waals surface area contributed by atoms with Crippen LogP contribution in [0, 0.1) is 5.92 Å². The molecule has 0 saturated heterocycles. The first kappa shape index (κ1) is 14.9. The molecule has 0 radical (unpaired) electrons. The van der Waals surface area contributed by atoms with Crippen LogP contribution in [0.2, 0.25) is 0 Å². The maximum absolute atomic E-state index is 6.49. The molecule has 1 unspecified atom stereocenters. The molecule has 0 aliphatic heterocycles. The largest absolute Gasteiger partial charge is 0.496 e. The maximum atomic E-state index is 6.49. The molecule has 2 rings (SSSR count). The van der Waals surface area contributed by atoms with E-state index in [2.05, 4.69) is 28.1 Å². The van der Waals surface area contributed by atoms with Gasteiger partial charge in [0.2, 0.25) is 0 Å². The highest BCUT2D eigenvalue weighted by atomic mass is 79.9. The molecule has 1 aliphatic carbocycles. The summed E-state index contributed by atoms with van der Waals surface area (Å²) in [6, 6.07) is 6.37. The zero-order chi connectivity index (χ0) is 13.7. The molecule has 0 spiro atoms. The minimum atomic E-state index is 0.153. The van der Waals surface area contributed by atoms with Gasteiger partial charge in [-0.25, -0.2) is 0 Å². The number of hydrogen-bond donors (Lipinski definition) is 1. The van der Waals surface area contributed by atoms with Crippen molar-refractivity contribution in [3.05, 3.63) is 28.2 Å². The second-order valence-corrected chi connectivity index (χ2v) is 6.38. The van der Waals surface area contributed by atoms with Gasteiger partial charge in [-0.15, -0.1) is 0 Å². The summed E-state index contributed by atoms with van der Waals surface area (Å²) in [5.41, 5.74) is 7.71. The van der Waals surface area contributed by atoms with Crippen molar-refractivity contribution in [1.82, 2.24) is 0 Å². The molecule has 1 aromatic carbocycles. The quantitative estimate of drug-likeness (QED) is 0.864. The van der Waals surface area contributed by atoms with Gasteiger partial charge in [0, 0.05) is 6.04 Å². The van der Waals surface area contributed by atoms with E-state index in [4.69, 9.17) is 10.5 Å². The topological polar surface area (TPSA) is 35.2 Å². The number of benzene rings is 1. The van der Waals surface area contributed by atoms with Crippen molar-refractivity contribution in [2.24, 2.45) is 11.7 Å². The smallest absolute Gasteiger partial charge is 0.133 e. The first-order valence-corrected chi connectivity index (χ1v) is 8.10. The van der Waals surface area contributed by atoms with Crippen molar-refractivity contribution in [3.8, 4) is 5.75 Å². The van der Waals surface area contributed by atoms with Gasteiger partial charge in [-0.3, -0.25) is 0 Å². The Kier molecular flexibility index (Phi) is 5.71. The molecule has 1 aromatic rings. The second-order valence-electron chi connectivity index (χ2n) is 5.52. The van der Waals surface area contributed by atoms with Crippen molar-refractivity contribution in [3.63, 3.8) is 0 Å². The van der Waals surface area contributed by atoms with Crippen LogP contribution in [0.5, 0.6) is 5.75 Å². The summed E-state index contributed by atoms with van der Waals surface area (Å²) in [6.07, 6.45) is 9.34. The van der Waals surface area contributed by atoms with Crippen molar-refractivity contribution >= 4 is 15.9 Å². The number of hydrogen-bond acceptors (Lipinski definition) is 2. The molecule has 2 nitrogen and oxygen atoms in total. The maximum Gasteiger partial charge on any atom is 0.133 e. The average molecular weight is 326 g/mol. The molecule has 1 fully saturated rings. The molecule has 0 aromatic heterocycles. The highest BCUT2D eigenvalue weighted by molar-refractivity contribution is 9.10. The van der Waals surface area contributed by atoms with Crippen LogP contribution in [-0.4, -0.2) is 7.11 Å². The van der Waals surface area contributed by atoms with Gasteiger partial charge in [0.05, 0.1) is 11.6 Å². The molecule has 1 atom stereocenters. The summed E-state index contributed by atoms with van der Waals surface area (Å²) in [6.45, 7) is 0. The summed E-state index contributed by atoms with van der Waals surface area (Å²) in [4.78, 5) is 0. The normalized spacial score (nSPS) is 19.5. The number of ether oxygens (including phenoxy) is 1. The fraction of sp³-hybridized carbons (Fsp3) is 0.625. The van der Waals surface area contributed by atoms with Crippen molar-refractivity contribution in [2.45, 2.75) is 51.0 Å². The SMILES string of the molecule is COc1ccc(C(N)C2CCCCCCC2)cc1Br. The highest BCUT2D eigenvalue weighted by Crippen LogP contribution is 2.34. The molecular weight excluding hydrogens is 302 g/mol. The van der Waals surface area contributed by atoms with Crippen LogP contribution < -0.4 is 10.5 Å². The van der Waals surface area contributed by atoms with Crippen LogP contribution in [0.4, 0.5) is 0 Å². The highest BCUT2D eigenvalue weighted by Gasteiger charge is 2.20. The van der Waals surface area contributed by atoms with Gasteiger partial charge in [-0.2, -0.15) is 0 Å². The minimum absolute atomic E-state index is 0.153. The first-order chi connectivity index (χ1) is 9.22. The van der Waals surface area contributed by atoms with Gasteiger partial charge < -0.3 is 10.5 Å². The third-order valence-corrected chi connectivity index (χ3v) is 4.84. The summed E-state index contributed by atoms with van der Waals surface area (Å²) >= 11 is 3.55. The van der Waals surface area contributed by atoms with Crippen LogP contribution in [0.25, 0.3) is 0 Å². The zero-order valence-corrected chi connectivity index (χ0v) is 13.3.